The molecule has 1 atom stereocenters. The maximum Gasteiger partial charge on any atom is 0.250 e. The second-order valence-corrected chi connectivity index (χ2v) is 6.01. The van der Waals surface area contributed by atoms with Crippen LogP contribution in [0.25, 0.3) is 12.2 Å². The summed E-state index contributed by atoms with van der Waals surface area (Å²) >= 11 is 1.83. The van der Waals surface area contributed by atoms with Crippen molar-refractivity contribution in [2.45, 2.75) is 31.3 Å². The first-order valence-electron chi connectivity index (χ1n) is 6.65. The molecule has 4 nitrogen and oxygen atoms in total. The summed E-state index contributed by atoms with van der Waals surface area (Å²) in [4.78, 5) is 4.34. The van der Waals surface area contributed by atoms with Gasteiger partial charge in [-0.15, -0.1) is 0 Å². The summed E-state index contributed by atoms with van der Waals surface area (Å²) in [6.07, 6.45) is 4.86. The third-order valence-corrected chi connectivity index (χ3v) is 4.21. The van der Waals surface area contributed by atoms with Crippen molar-refractivity contribution in [3.05, 3.63) is 41.5 Å². The highest BCUT2D eigenvalue weighted by Gasteiger charge is 2.06. The lowest BCUT2D eigenvalue weighted by molar-refractivity contribution is 0.405. The van der Waals surface area contributed by atoms with Crippen LogP contribution in [-0.2, 0) is 5.75 Å². The van der Waals surface area contributed by atoms with Crippen LogP contribution in [0.3, 0.4) is 0 Å². The molecule has 0 saturated heterocycles. The van der Waals surface area contributed by atoms with Gasteiger partial charge in [0.15, 0.2) is 5.82 Å². The minimum atomic E-state index is 0.521. The molecule has 0 saturated carbocycles. The summed E-state index contributed by atoms with van der Waals surface area (Å²) in [5, 5.41) is 4.58. The van der Waals surface area contributed by atoms with E-state index < -0.39 is 0 Å². The zero-order chi connectivity index (χ0) is 14.4. The Bertz CT molecular complexity index is 580. The SMILES string of the molecule is CCC(C)SCc1noc(/C=C/c2cccc(N)c2)n1. The molecule has 0 radical (unpaired) electrons. The molecule has 0 spiro atoms. The molecular formula is C15H19N3OS. The van der Waals surface area contributed by atoms with Crippen LogP contribution in [0, 0.1) is 0 Å². The van der Waals surface area contributed by atoms with E-state index in [2.05, 4.69) is 24.0 Å². The minimum Gasteiger partial charge on any atom is -0.399 e. The smallest absolute Gasteiger partial charge is 0.250 e. The molecule has 106 valence electrons. The fraction of sp³-hybridized carbons (Fsp3) is 0.333. The van der Waals surface area contributed by atoms with Gasteiger partial charge in [-0.1, -0.05) is 31.1 Å². The van der Waals surface area contributed by atoms with Crippen LogP contribution in [0.15, 0.2) is 28.8 Å². The highest BCUT2D eigenvalue weighted by molar-refractivity contribution is 7.99. The summed E-state index contributed by atoms with van der Waals surface area (Å²) in [7, 11) is 0. The number of nitrogens with zero attached hydrogens (tertiary/aromatic N) is 2. The van der Waals surface area contributed by atoms with Gasteiger partial charge in [0.25, 0.3) is 5.89 Å². The average Bonchev–Trinajstić information content (AvgIpc) is 2.90. The number of thioether (sulfide) groups is 1. The molecule has 0 fully saturated rings. The largest absolute Gasteiger partial charge is 0.399 e. The zero-order valence-electron chi connectivity index (χ0n) is 11.7. The Morgan fingerprint density at radius 1 is 1.40 bits per heavy atom. The topological polar surface area (TPSA) is 64.9 Å². The van der Waals surface area contributed by atoms with Gasteiger partial charge in [-0.2, -0.15) is 16.7 Å². The summed E-state index contributed by atoms with van der Waals surface area (Å²) in [6, 6.07) is 7.64. The molecule has 1 heterocycles. The number of aromatic nitrogens is 2. The Balaban J connectivity index is 1.95. The van der Waals surface area contributed by atoms with Crippen molar-refractivity contribution in [3.63, 3.8) is 0 Å². The first-order valence-corrected chi connectivity index (χ1v) is 7.70. The van der Waals surface area contributed by atoms with E-state index in [9.17, 15) is 0 Å². The molecule has 0 aliphatic heterocycles. The number of benzene rings is 1. The van der Waals surface area contributed by atoms with E-state index in [-0.39, 0.29) is 0 Å². The molecule has 20 heavy (non-hydrogen) atoms. The van der Waals surface area contributed by atoms with Crippen LogP contribution < -0.4 is 5.73 Å². The van der Waals surface area contributed by atoms with E-state index in [1.807, 2.05) is 42.1 Å². The Kier molecular flexibility index (Phi) is 5.24. The van der Waals surface area contributed by atoms with Crippen molar-refractivity contribution in [1.82, 2.24) is 10.1 Å². The van der Waals surface area contributed by atoms with Crippen molar-refractivity contribution in [1.29, 1.82) is 0 Å². The molecule has 1 aromatic heterocycles. The first-order chi connectivity index (χ1) is 9.67. The molecule has 2 aromatic rings. The zero-order valence-corrected chi connectivity index (χ0v) is 12.6. The number of rotatable bonds is 6. The average molecular weight is 289 g/mol. The van der Waals surface area contributed by atoms with E-state index in [1.165, 1.54) is 0 Å². The normalized spacial score (nSPS) is 12.9. The molecule has 0 bridgehead atoms. The Morgan fingerprint density at radius 3 is 3.00 bits per heavy atom. The van der Waals surface area contributed by atoms with Gasteiger partial charge in [0.2, 0.25) is 0 Å². The van der Waals surface area contributed by atoms with Gasteiger partial charge in [-0.25, -0.2) is 0 Å². The Labute approximate surface area is 123 Å². The summed E-state index contributed by atoms with van der Waals surface area (Å²) in [5.74, 6) is 2.04. The molecule has 2 N–H and O–H groups in total. The van der Waals surface area contributed by atoms with Gasteiger partial charge < -0.3 is 10.3 Å². The van der Waals surface area contributed by atoms with Gasteiger partial charge in [0, 0.05) is 17.0 Å². The lowest BCUT2D eigenvalue weighted by Gasteiger charge is -2.04. The maximum absolute atomic E-state index is 5.72. The van der Waals surface area contributed by atoms with E-state index in [0.717, 1.165) is 29.2 Å². The number of anilines is 1. The molecule has 2 rings (SSSR count). The van der Waals surface area contributed by atoms with Crippen molar-refractivity contribution in [2.24, 2.45) is 0 Å². The van der Waals surface area contributed by atoms with Crippen LogP contribution in [0.2, 0.25) is 0 Å². The molecule has 5 heteroatoms. The van der Waals surface area contributed by atoms with Crippen molar-refractivity contribution < 1.29 is 4.52 Å². The van der Waals surface area contributed by atoms with Crippen LogP contribution in [0.4, 0.5) is 5.69 Å². The van der Waals surface area contributed by atoms with E-state index >= 15 is 0 Å². The maximum atomic E-state index is 5.72. The Morgan fingerprint density at radius 2 is 2.25 bits per heavy atom. The minimum absolute atomic E-state index is 0.521. The molecule has 0 aliphatic carbocycles. The van der Waals surface area contributed by atoms with Gasteiger partial charge in [0.1, 0.15) is 0 Å². The first kappa shape index (κ1) is 14.7. The van der Waals surface area contributed by atoms with Crippen LogP contribution in [0.1, 0.15) is 37.5 Å². The predicted octanol–water partition coefficient (Wildman–Crippen LogP) is 3.85. The number of nitrogens with two attached hydrogens (primary N) is 1. The third-order valence-electron chi connectivity index (χ3n) is 2.88. The van der Waals surface area contributed by atoms with Crippen molar-refractivity contribution >= 4 is 29.6 Å². The van der Waals surface area contributed by atoms with Crippen molar-refractivity contribution in [3.8, 4) is 0 Å². The quantitative estimate of drug-likeness (QED) is 0.818. The predicted molar refractivity (Wildman–Crippen MR) is 85.1 cm³/mol. The van der Waals surface area contributed by atoms with E-state index in [1.54, 1.807) is 6.08 Å². The van der Waals surface area contributed by atoms with Gasteiger partial charge in [-0.05, 0) is 30.2 Å². The molecule has 0 aliphatic rings. The van der Waals surface area contributed by atoms with Gasteiger partial charge >= 0.3 is 0 Å². The summed E-state index contributed by atoms with van der Waals surface area (Å²) in [6.45, 7) is 4.37. The monoisotopic (exact) mass is 289 g/mol. The van der Waals surface area contributed by atoms with Crippen LogP contribution in [-0.4, -0.2) is 15.4 Å². The van der Waals surface area contributed by atoms with Crippen molar-refractivity contribution in [2.75, 3.05) is 5.73 Å². The molecule has 1 aromatic carbocycles. The molecule has 0 amide bonds. The van der Waals surface area contributed by atoms with Gasteiger partial charge in [0.05, 0.1) is 5.75 Å². The second kappa shape index (κ2) is 7.14. The second-order valence-electron chi connectivity index (χ2n) is 4.58. The van der Waals surface area contributed by atoms with Crippen LogP contribution >= 0.6 is 11.8 Å². The van der Waals surface area contributed by atoms with E-state index in [0.29, 0.717) is 11.1 Å². The van der Waals surface area contributed by atoms with Gasteiger partial charge in [-0.3, -0.25) is 0 Å². The fourth-order valence-corrected chi connectivity index (χ4v) is 2.35. The number of hydrogen-bond donors (Lipinski definition) is 1. The number of nitrogen functional groups attached to an aromatic ring is 1. The Hall–Kier alpha value is -1.75. The fourth-order valence-electron chi connectivity index (χ4n) is 1.56. The highest BCUT2D eigenvalue weighted by atomic mass is 32.2. The molecular weight excluding hydrogens is 270 g/mol. The summed E-state index contributed by atoms with van der Waals surface area (Å²) < 4.78 is 5.19. The summed E-state index contributed by atoms with van der Waals surface area (Å²) in [5.41, 5.74) is 7.48. The standard InChI is InChI=1S/C15H19N3OS/c1-3-11(2)20-10-14-17-15(19-18-14)8-7-12-5-4-6-13(16)9-12/h4-9,11H,3,10,16H2,1-2H3/b8-7+. The lowest BCUT2D eigenvalue weighted by Crippen LogP contribution is -1.94. The van der Waals surface area contributed by atoms with E-state index in [4.69, 9.17) is 10.3 Å². The molecule has 1 unspecified atom stereocenters. The number of hydrogen-bond acceptors (Lipinski definition) is 5. The highest BCUT2D eigenvalue weighted by Crippen LogP contribution is 2.18. The lowest BCUT2D eigenvalue weighted by atomic mass is 10.2. The third kappa shape index (κ3) is 4.42. The van der Waals surface area contributed by atoms with Crippen LogP contribution in [0.5, 0.6) is 0 Å².